The van der Waals surface area contributed by atoms with E-state index in [1.807, 2.05) is 53.7 Å². The predicted octanol–water partition coefficient (Wildman–Crippen LogP) is 8.37. The molecule has 0 saturated heterocycles. The number of hydrogen-bond acceptors (Lipinski definition) is 7. The summed E-state index contributed by atoms with van der Waals surface area (Å²) in [4.78, 5) is 0. The first-order valence-electron chi connectivity index (χ1n) is 12.1. The SMILES string of the molecule is CCOP(=O)(OCC)C(=C/C=C/c1cc(C(C)(C)C)c(O)c(C(C)(C)C)c1)P(=O)(OCC)OCC. The molecule has 0 heterocycles. The van der Waals surface area contributed by atoms with Crippen LogP contribution in [-0.2, 0) is 38.1 Å². The van der Waals surface area contributed by atoms with E-state index in [1.54, 1.807) is 39.8 Å². The zero-order valence-corrected chi connectivity index (χ0v) is 24.8. The lowest BCUT2D eigenvalue weighted by molar-refractivity contribution is 0.214. The Labute approximate surface area is 212 Å². The summed E-state index contributed by atoms with van der Waals surface area (Å²) in [5, 5.41) is 10.8. The number of rotatable bonds is 12. The van der Waals surface area contributed by atoms with Gasteiger partial charge < -0.3 is 23.2 Å². The number of benzene rings is 1. The van der Waals surface area contributed by atoms with Crippen LogP contribution in [0.4, 0.5) is 0 Å². The van der Waals surface area contributed by atoms with Gasteiger partial charge in [-0.05, 0) is 62.3 Å². The van der Waals surface area contributed by atoms with Crippen LogP contribution in [-0.4, -0.2) is 31.5 Å². The van der Waals surface area contributed by atoms with Crippen molar-refractivity contribution in [2.75, 3.05) is 26.4 Å². The molecule has 0 aromatic heterocycles. The van der Waals surface area contributed by atoms with Gasteiger partial charge in [0.1, 0.15) is 5.75 Å². The normalized spacial score (nSPS) is 13.4. The summed E-state index contributed by atoms with van der Waals surface area (Å²) >= 11 is 0. The van der Waals surface area contributed by atoms with Crippen LogP contribution in [0.5, 0.6) is 5.75 Å². The average Bonchev–Trinajstić information content (AvgIpc) is 2.70. The van der Waals surface area contributed by atoms with Crippen LogP contribution >= 0.6 is 15.2 Å². The minimum Gasteiger partial charge on any atom is -0.507 e. The molecule has 0 aliphatic heterocycles. The van der Waals surface area contributed by atoms with Crippen LogP contribution in [0.1, 0.15) is 85.9 Å². The summed E-state index contributed by atoms with van der Waals surface area (Å²) in [6.45, 7) is 19.4. The van der Waals surface area contributed by atoms with E-state index in [4.69, 9.17) is 18.1 Å². The summed E-state index contributed by atoms with van der Waals surface area (Å²) in [6, 6.07) is 3.84. The van der Waals surface area contributed by atoms with Crippen molar-refractivity contribution in [2.24, 2.45) is 0 Å². The molecule has 0 saturated carbocycles. The summed E-state index contributed by atoms with van der Waals surface area (Å²) in [5.41, 5.74) is 1.90. The van der Waals surface area contributed by atoms with E-state index in [0.717, 1.165) is 16.7 Å². The van der Waals surface area contributed by atoms with Crippen molar-refractivity contribution >= 4 is 21.3 Å². The van der Waals surface area contributed by atoms with Crippen molar-refractivity contribution in [2.45, 2.75) is 80.1 Å². The zero-order chi connectivity index (χ0) is 27.1. The molecule has 200 valence electrons. The second kappa shape index (κ2) is 12.9. The smallest absolute Gasteiger partial charge is 0.369 e. The van der Waals surface area contributed by atoms with Crippen molar-refractivity contribution < 1.29 is 32.3 Å². The first kappa shape index (κ1) is 31.8. The van der Waals surface area contributed by atoms with Gasteiger partial charge in [-0.3, -0.25) is 9.13 Å². The Morgan fingerprint density at radius 3 is 1.40 bits per heavy atom. The van der Waals surface area contributed by atoms with Gasteiger partial charge in [0.25, 0.3) is 0 Å². The van der Waals surface area contributed by atoms with Gasteiger partial charge >= 0.3 is 15.2 Å². The van der Waals surface area contributed by atoms with Crippen LogP contribution in [0.15, 0.2) is 29.3 Å². The molecular formula is C26H44O7P2. The molecule has 1 aromatic rings. The topological polar surface area (TPSA) is 91.3 Å². The number of allylic oxidation sites excluding steroid dienone is 2. The average molecular weight is 531 g/mol. The monoisotopic (exact) mass is 530 g/mol. The quantitative estimate of drug-likeness (QED) is 0.214. The molecule has 0 aliphatic carbocycles. The fourth-order valence-electron chi connectivity index (χ4n) is 3.49. The van der Waals surface area contributed by atoms with Crippen LogP contribution in [0.2, 0.25) is 0 Å². The standard InChI is InChI=1S/C26H44O7P2/c1-11-30-34(28,31-12-2)23(35(29,32-13-3)33-14-4)17-15-16-20-18-21(25(5,6)7)24(27)22(19-20)26(8,9)10/h15-19,27H,11-14H2,1-10H3/b16-15+. The summed E-state index contributed by atoms with van der Waals surface area (Å²) in [6.07, 6.45) is 4.88. The van der Waals surface area contributed by atoms with E-state index in [0.29, 0.717) is 0 Å². The molecule has 0 amide bonds. The first-order valence-corrected chi connectivity index (χ1v) is 15.2. The van der Waals surface area contributed by atoms with E-state index in [-0.39, 0.29) is 48.1 Å². The number of hydrogen-bond donors (Lipinski definition) is 1. The van der Waals surface area contributed by atoms with Gasteiger partial charge in [-0.25, -0.2) is 0 Å². The highest BCUT2D eigenvalue weighted by molar-refractivity contribution is 7.78. The van der Waals surface area contributed by atoms with Gasteiger partial charge in [-0.15, -0.1) is 0 Å². The molecule has 0 unspecified atom stereocenters. The van der Waals surface area contributed by atoms with Gasteiger partial charge in [0.05, 0.1) is 26.4 Å². The van der Waals surface area contributed by atoms with E-state index in [9.17, 15) is 14.2 Å². The third kappa shape index (κ3) is 8.42. The maximum atomic E-state index is 13.7. The minimum atomic E-state index is -3.95. The molecular weight excluding hydrogens is 486 g/mol. The van der Waals surface area contributed by atoms with Gasteiger partial charge in [0, 0.05) is 11.1 Å². The van der Waals surface area contributed by atoms with Gasteiger partial charge in [0.15, 0.2) is 5.06 Å². The number of phenolic OH excluding ortho intramolecular Hbond substituents is 1. The van der Waals surface area contributed by atoms with E-state index in [1.165, 1.54) is 6.08 Å². The molecule has 7 nitrogen and oxygen atoms in total. The molecule has 0 atom stereocenters. The summed E-state index contributed by atoms with van der Waals surface area (Å²) < 4.78 is 49.2. The second-order valence-electron chi connectivity index (χ2n) is 10.0. The first-order chi connectivity index (χ1) is 16.1. The maximum absolute atomic E-state index is 13.7. The molecule has 0 fully saturated rings. The molecule has 0 radical (unpaired) electrons. The van der Waals surface area contributed by atoms with E-state index < -0.39 is 15.2 Å². The zero-order valence-electron chi connectivity index (χ0n) is 23.0. The van der Waals surface area contributed by atoms with Crippen molar-refractivity contribution in [1.29, 1.82) is 0 Å². The lowest BCUT2D eigenvalue weighted by Gasteiger charge is -2.28. The molecule has 1 rings (SSSR count). The highest BCUT2D eigenvalue weighted by Crippen LogP contribution is 2.73. The van der Waals surface area contributed by atoms with Crippen molar-refractivity contribution in [1.82, 2.24) is 0 Å². The van der Waals surface area contributed by atoms with Gasteiger partial charge in [-0.2, -0.15) is 0 Å². The molecule has 1 aromatic carbocycles. The van der Waals surface area contributed by atoms with Crippen LogP contribution in [0.3, 0.4) is 0 Å². The highest BCUT2D eigenvalue weighted by Gasteiger charge is 2.44. The van der Waals surface area contributed by atoms with Crippen LogP contribution in [0.25, 0.3) is 6.08 Å². The fourth-order valence-corrected chi connectivity index (χ4v) is 7.96. The Kier molecular flexibility index (Phi) is 11.7. The Bertz CT molecular complexity index is 911. The third-order valence-electron chi connectivity index (χ3n) is 5.04. The van der Waals surface area contributed by atoms with Crippen LogP contribution < -0.4 is 0 Å². The molecule has 0 bridgehead atoms. The second-order valence-corrected chi connectivity index (χ2v) is 14.4. The predicted molar refractivity (Wildman–Crippen MR) is 144 cm³/mol. The summed E-state index contributed by atoms with van der Waals surface area (Å²) in [5.74, 6) is 0.285. The molecule has 0 aliphatic rings. The van der Waals surface area contributed by atoms with E-state index in [2.05, 4.69) is 0 Å². The third-order valence-corrected chi connectivity index (χ3v) is 10.3. The minimum absolute atomic E-state index is 0.0957. The largest absolute Gasteiger partial charge is 0.507 e. The van der Waals surface area contributed by atoms with Crippen molar-refractivity contribution in [3.8, 4) is 5.75 Å². The Morgan fingerprint density at radius 1 is 0.771 bits per heavy atom. The lowest BCUT2D eigenvalue weighted by atomic mass is 9.78. The summed E-state index contributed by atoms with van der Waals surface area (Å²) in [7, 11) is -7.91. The Hall–Kier alpha value is -1.20. The van der Waals surface area contributed by atoms with E-state index >= 15 is 0 Å². The fraction of sp³-hybridized carbons (Fsp3) is 0.615. The Balaban J connectivity index is 3.77. The molecule has 9 heteroatoms. The van der Waals surface area contributed by atoms with Crippen molar-refractivity contribution in [3.63, 3.8) is 0 Å². The maximum Gasteiger partial charge on any atom is 0.369 e. The molecule has 1 N–H and O–H groups in total. The Morgan fingerprint density at radius 2 is 1.11 bits per heavy atom. The highest BCUT2D eigenvalue weighted by atomic mass is 31.2. The molecule has 0 spiro atoms. The number of phenols is 1. The van der Waals surface area contributed by atoms with Gasteiger partial charge in [-0.1, -0.05) is 53.7 Å². The van der Waals surface area contributed by atoms with Gasteiger partial charge in [0.2, 0.25) is 0 Å². The van der Waals surface area contributed by atoms with Crippen molar-refractivity contribution in [3.05, 3.63) is 46.0 Å². The van der Waals surface area contributed by atoms with Crippen LogP contribution in [0, 0.1) is 0 Å². The molecule has 35 heavy (non-hydrogen) atoms. The number of aromatic hydroxyl groups is 1. The lowest BCUT2D eigenvalue weighted by Crippen LogP contribution is -2.17.